The highest BCUT2D eigenvalue weighted by Gasteiger charge is 2.61. The van der Waals surface area contributed by atoms with E-state index in [-0.39, 0.29) is 11.3 Å². The SMILES string of the molecule is CC(C)=CC1C(C(=O)N2CCCC(n3ccnc3)C2)C1(C)C. The summed E-state index contributed by atoms with van der Waals surface area (Å²) in [6, 6.07) is 0.379. The van der Waals surface area contributed by atoms with Crippen molar-refractivity contribution in [2.45, 2.75) is 46.6 Å². The molecule has 1 aliphatic heterocycles. The van der Waals surface area contributed by atoms with Crippen LogP contribution in [-0.4, -0.2) is 33.4 Å². The Morgan fingerprint density at radius 2 is 2.14 bits per heavy atom. The summed E-state index contributed by atoms with van der Waals surface area (Å²) in [5.41, 5.74) is 1.42. The topological polar surface area (TPSA) is 38.1 Å². The molecule has 4 heteroatoms. The maximum absolute atomic E-state index is 13.0. The van der Waals surface area contributed by atoms with Gasteiger partial charge in [0.2, 0.25) is 5.91 Å². The summed E-state index contributed by atoms with van der Waals surface area (Å²) in [6.45, 7) is 10.4. The Morgan fingerprint density at radius 1 is 1.36 bits per heavy atom. The summed E-state index contributed by atoms with van der Waals surface area (Å²) < 4.78 is 2.14. The number of hydrogen-bond acceptors (Lipinski definition) is 2. The Kier molecular flexibility index (Phi) is 3.87. The number of amides is 1. The molecule has 1 aliphatic carbocycles. The molecule has 1 saturated carbocycles. The standard InChI is InChI=1S/C18H27N3O/c1-13(2)10-15-16(18(15,3)4)17(22)20-8-5-6-14(11-20)21-9-7-19-12-21/h7,9-10,12,14-16H,5-6,8,11H2,1-4H3. The minimum absolute atomic E-state index is 0.107. The lowest BCUT2D eigenvalue weighted by Gasteiger charge is -2.33. The normalized spacial score (nSPS) is 30.0. The van der Waals surface area contributed by atoms with Gasteiger partial charge < -0.3 is 9.47 Å². The van der Waals surface area contributed by atoms with Crippen LogP contribution < -0.4 is 0 Å². The molecule has 2 fully saturated rings. The lowest BCUT2D eigenvalue weighted by molar-refractivity contribution is -0.135. The highest BCUT2D eigenvalue weighted by molar-refractivity contribution is 5.84. The van der Waals surface area contributed by atoms with Crippen LogP contribution >= 0.6 is 0 Å². The van der Waals surface area contributed by atoms with E-state index in [1.54, 1.807) is 0 Å². The van der Waals surface area contributed by atoms with Gasteiger partial charge in [-0.05, 0) is 38.0 Å². The van der Waals surface area contributed by atoms with Crippen LogP contribution in [0, 0.1) is 17.3 Å². The molecule has 2 aliphatic rings. The molecular weight excluding hydrogens is 274 g/mol. The van der Waals surface area contributed by atoms with Crippen LogP contribution in [0.1, 0.15) is 46.6 Å². The molecule has 1 aromatic heterocycles. The smallest absolute Gasteiger partial charge is 0.226 e. The van der Waals surface area contributed by atoms with Crippen LogP contribution in [0.25, 0.3) is 0 Å². The van der Waals surface area contributed by atoms with E-state index in [0.29, 0.717) is 17.9 Å². The number of carbonyl (C=O) groups is 1. The number of piperidine rings is 1. The summed E-state index contributed by atoms with van der Waals surface area (Å²) in [4.78, 5) is 19.2. The largest absolute Gasteiger partial charge is 0.340 e. The average molecular weight is 301 g/mol. The summed E-state index contributed by atoms with van der Waals surface area (Å²) in [7, 11) is 0. The molecular formula is C18H27N3O. The summed E-state index contributed by atoms with van der Waals surface area (Å²) in [5.74, 6) is 0.903. The van der Waals surface area contributed by atoms with Gasteiger partial charge in [0.05, 0.1) is 18.3 Å². The van der Waals surface area contributed by atoms with E-state index in [2.05, 4.69) is 48.2 Å². The molecule has 0 bridgehead atoms. The molecule has 3 unspecified atom stereocenters. The van der Waals surface area contributed by atoms with Crippen molar-refractivity contribution in [3.63, 3.8) is 0 Å². The minimum atomic E-state index is 0.107. The van der Waals surface area contributed by atoms with Crippen LogP contribution in [0.3, 0.4) is 0 Å². The van der Waals surface area contributed by atoms with Gasteiger partial charge in [-0.15, -0.1) is 0 Å². The van der Waals surface area contributed by atoms with Gasteiger partial charge in [-0.25, -0.2) is 4.98 Å². The van der Waals surface area contributed by atoms with Crippen molar-refractivity contribution in [1.29, 1.82) is 0 Å². The second kappa shape index (κ2) is 5.56. The molecule has 2 heterocycles. The first-order valence-corrected chi connectivity index (χ1v) is 8.32. The quantitative estimate of drug-likeness (QED) is 0.804. The number of nitrogens with zero attached hydrogens (tertiary/aromatic N) is 3. The van der Waals surface area contributed by atoms with Gasteiger partial charge in [0.25, 0.3) is 0 Å². The van der Waals surface area contributed by atoms with Crippen molar-refractivity contribution in [3.8, 4) is 0 Å². The molecule has 3 rings (SSSR count). The van der Waals surface area contributed by atoms with E-state index in [0.717, 1.165) is 25.9 Å². The number of hydrogen-bond donors (Lipinski definition) is 0. The van der Waals surface area contributed by atoms with Crippen LogP contribution in [-0.2, 0) is 4.79 Å². The molecule has 0 N–H and O–H groups in total. The first-order valence-electron chi connectivity index (χ1n) is 8.32. The molecule has 4 nitrogen and oxygen atoms in total. The first kappa shape index (κ1) is 15.3. The fraction of sp³-hybridized carbons (Fsp3) is 0.667. The van der Waals surface area contributed by atoms with E-state index >= 15 is 0 Å². The van der Waals surface area contributed by atoms with Crippen molar-refractivity contribution in [1.82, 2.24) is 14.5 Å². The van der Waals surface area contributed by atoms with Crippen LogP contribution in [0.4, 0.5) is 0 Å². The zero-order chi connectivity index (χ0) is 15.9. The van der Waals surface area contributed by atoms with Crippen molar-refractivity contribution in [2.75, 3.05) is 13.1 Å². The second-order valence-electron chi connectivity index (χ2n) is 7.66. The zero-order valence-corrected chi connectivity index (χ0v) is 14.1. The van der Waals surface area contributed by atoms with Gasteiger partial charge in [0, 0.05) is 25.5 Å². The molecule has 1 saturated heterocycles. The second-order valence-corrected chi connectivity index (χ2v) is 7.66. The Bertz CT molecular complexity index is 569. The Labute approximate surface area is 133 Å². The Morgan fingerprint density at radius 3 is 2.77 bits per heavy atom. The Balaban J connectivity index is 1.69. The Hall–Kier alpha value is -1.58. The zero-order valence-electron chi connectivity index (χ0n) is 14.1. The van der Waals surface area contributed by atoms with Crippen molar-refractivity contribution >= 4 is 5.91 Å². The molecule has 1 aromatic rings. The van der Waals surface area contributed by atoms with E-state index < -0.39 is 0 Å². The van der Waals surface area contributed by atoms with Crippen LogP contribution in [0.15, 0.2) is 30.4 Å². The van der Waals surface area contributed by atoms with Gasteiger partial charge in [0.15, 0.2) is 0 Å². The maximum Gasteiger partial charge on any atom is 0.226 e. The van der Waals surface area contributed by atoms with Crippen molar-refractivity contribution < 1.29 is 4.79 Å². The monoisotopic (exact) mass is 301 g/mol. The van der Waals surface area contributed by atoms with Gasteiger partial charge >= 0.3 is 0 Å². The van der Waals surface area contributed by atoms with E-state index in [4.69, 9.17) is 0 Å². The lowest BCUT2D eigenvalue weighted by Crippen LogP contribution is -2.42. The predicted molar refractivity (Wildman–Crippen MR) is 87.3 cm³/mol. The van der Waals surface area contributed by atoms with E-state index in [1.165, 1.54) is 5.57 Å². The third-order valence-electron chi connectivity index (χ3n) is 5.34. The number of allylic oxidation sites excluding steroid dienone is 2. The minimum Gasteiger partial charge on any atom is -0.340 e. The van der Waals surface area contributed by atoms with E-state index in [9.17, 15) is 4.79 Å². The van der Waals surface area contributed by atoms with Gasteiger partial charge in [-0.1, -0.05) is 25.5 Å². The summed E-state index contributed by atoms with van der Waals surface area (Å²) >= 11 is 0. The number of imidazole rings is 1. The van der Waals surface area contributed by atoms with Gasteiger partial charge in [0.1, 0.15) is 0 Å². The lowest BCUT2D eigenvalue weighted by atomic mass is 10.0. The molecule has 22 heavy (non-hydrogen) atoms. The van der Waals surface area contributed by atoms with Gasteiger partial charge in [-0.3, -0.25) is 4.79 Å². The van der Waals surface area contributed by atoms with Crippen molar-refractivity contribution in [2.24, 2.45) is 17.3 Å². The maximum atomic E-state index is 13.0. The predicted octanol–water partition coefficient (Wildman–Crippen LogP) is 3.29. The molecule has 3 atom stereocenters. The molecule has 0 radical (unpaired) electrons. The average Bonchev–Trinajstić information content (AvgIpc) is 2.87. The fourth-order valence-electron chi connectivity index (χ4n) is 3.90. The van der Waals surface area contributed by atoms with Crippen molar-refractivity contribution in [3.05, 3.63) is 30.4 Å². The fourth-order valence-corrected chi connectivity index (χ4v) is 3.90. The highest BCUT2D eigenvalue weighted by Crippen LogP contribution is 2.60. The first-order chi connectivity index (χ1) is 10.4. The van der Waals surface area contributed by atoms with Crippen LogP contribution in [0.5, 0.6) is 0 Å². The molecule has 0 spiro atoms. The number of likely N-dealkylation sites (tertiary alicyclic amines) is 1. The summed E-state index contributed by atoms with van der Waals surface area (Å²) in [6.07, 6.45) is 10.2. The number of carbonyl (C=O) groups excluding carboxylic acids is 1. The summed E-state index contributed by atoms with van der Waals surface area (Å²) in [5, 5.41) is 0. The highest BCUT2D eigenvalue weighted by atomic mass is 16.2. The number of rotatable bonds is 3. The third-order valence-corrected chi connectivity index (χ3v) is 5.34. The van der Waals surface area contributed by atoms with E-state index in [1.807, 2.05) is 18.7 Å². The molecule has 1 amide bonds. The van der Waals surface area contributed by atoms with Gasteiger partial charge in [-0.2, -0.15) is 0 Å². The molecule has 0 aromatic carbocycles. The number of aromatic nitrogens is 2. The molecule has 120 valence electrons. The van der Waals surface area contributed by atoms with Crippen LogP contribution in [0.2, 0.25) is 0 Å². The third kappa shape index (κ3) is 2.71.